The molecular weight excluding hydrogens is 544 g/mol. The summed E-state index contributed by atoms with van der Waals surface area (Å²) >= 11 is 1.30. The maximum atomic E-state index is 14.6. The Hall–Kier alpha value is -4.41. The van der Waals surface area contributed by atoms with Gasteiger partial charge in [0, 0.05) is 28.4 Å². The molecule has 5 aromatic rings. The molecule has 0 aliphatic heterocycles. The average molecular weight is 574 g/mol. The summed E-state index contributed by atoms with van der Waals surface area (Å²) < 4.78 is 31.5. The molecule has 0 fully saturated rings. The summed E-state index contributed by atoms with van der Waals surface area (Å²) in [6.07, 6.45) is 0. The monoisotopic (exact) mass is 573 g/mol. The lowest BCUT2D eigenvalue weighted by Gasteiger charge is -2.19. The first-order valence-electron chi connectivity index (χ1n) is 13.0. The summed E-state index contributed by atoms with van der Waals surface area (Å²) in [6, 6.07) is 17.9. The molecule has 10 heteroatoms. The predicted octanol–water partition coefficient (Wildman–Crippen LogP) is 5.83. The Morgan fingerprint density at radius 3 is 2.34 bits per heavy atom. The van der Waals surface area contributed by atoms with Crippen LogP contribution < -0.4 is 22.3 Å². The largest absolute Gasteiger partial charge is 0.331 e. The third-order valence-corrected chi connectivity index (χ3v) is 7.81. The lowest BCUT2D eigenvalue weighted by Crippen LogP contribution is -2.44. The summed E-state index contributed by atoms with van der Waals surface area (Å²) in [5.41, 5.74) is 9.36. The molecule has 41 heavy (non-hydrogen) atoms. The molecular formula is C31H29F2N5O2S. The molecule has 3 N–H and O–H groups in total. The smallest absolute Gasteiger partial charge is 0.331 e. The number of benzene rings is 3. The van der Waals surface area contributed by atoms with Crippen LogP contribution in [0.5, 0.6) is 0 Å². The number of rotatable bonds is 8. The molecule has 210 valence electrons. The normalized spacial score (nSPS) is 12.0. The highest BCUT2D eigenvalue weighted by Crippen LogP contribution is 2.29. The highest BCUT2D eigenvalue weighted by Gasteiger charge is 2.23. The van der Waals surface area contributed by atoms with Gasteiger partial charge in [0.1, 0.15) is 11.6 Å². The molecule has 0 saturated heterocycles. The first-order valence-corrected chi connectivity index (χ1v) is 13.9. The lowest BCUT2D eigenvalue weighted by molar-refractivity contribution is 0.493. The number of hydrogen-bond donors (Lipinski definition) is 2. The molecule has 2 aromatic heterocycles. The van der Waals surface area contributed by atoms with Crippen LogP contribution in [0.4, 0.5) is 19.6 Å². The number of nitrogens with two attached hydrogens (primary N) is 1. The van der Waals surface area contributed by atoms with Crippen molar-refractivity contribution in [3.05, 3.63) is 133 Å². The Morgan fingerprint density at radius 2 is 1.66 bits per heavy atom. The first-order chi connectivity index (χ1) is 19.6. The Kier molecular flexibility index (Phi) is 7.96. The van der Waals surface area contributed by atoms with Crippen molar-refractivity contribution in [2.45, 2.75) is 39.9 Å². The van der Waals surface area contributed by atoms with Gasteiger partial charge >= 0.3 is 5.69 Å². The van der Waals surface area contributed by atoms with Gasteiger partial charge in [0.05, 0.1) is 24.3 Å². The van der Waals surface area contributed by atoms with Crippen LogP contribution in [0, 0.1) is 32.4 Å². The van der Waals surface area contributed by atoms with Crippen LogP contribution in [0.3, 0.4) is 0 Å². The molecule has 0 radical (unpaired) electrons. The predicted molar refractivity (Wildman–Crippen MR) is 159 cm³/mol. The molecule has 0 aliphatic carbocycles. The van der Waals surface area contributed by atoms with E-state index in [1.165, 1.54) is 22.0 Å². The summed E-state index contributed by atoms with van der Waals surface area (Å²) in [5, 5.41) is 5.56. The molecule has 0 bridgehead atoms. The number of hydrogen-bond acceptors (Lipinski definition) is 6. The van der Waals surface area contributed by atoms with Crippen LogP contribution in [0.1, 0.15) is 34.0 Å². The van der Waals surface area contributed by atoms with Crippen LogP contribution in [0.2, 0.25) is 0 Å². The number of halogens is 2. The summed E-state index contributed by atoms with van der Waals surface area (Å²) in [5.74, 6) is -1.57. The minimum Gasteiger partial charge on any atom is -0.331 e. The second kappa shape index (κ2) is 11.6. The van der Waals surface area contributed by atoms with E-state index < -0.39 is 35.5 Å². The fraction of sp³-hybridized carbons (Fsp3) is 0.194. The molecule has 5 rings (SSSR count). The van der Waals surface area contributed by atoms with Gasteiger partial charge in [0.2, 0.25) is 0 Å². The van der Waals surface area contributed by atoms with Crippen LogP contribution in [-0.2, 0) is 13.1 Å². The third kappa shape index (κ3) is 5.75. The van der Waals surface area contributed by atoms with Gasteiger partial charge in [-0.2, -0.15) is 0 Å². The van der Waals surface area contributed by atoms with Crippen LogP contribution in [0.15, 0.2) is 81.7 Å². The summed E-state index contributed by atoms with van der Waals surface area (Å²) in [6.45, 7) is 5.04. The lowest BCUT2D eigenvalue weighted by atomic mass is 10.1. The average Bonchev–Trinajstić information content (AvgIpc) is 3.40. The fourth-order valence-corrected chi connectivity index (χ4v) is 5.52. The molecule has 1 atom stereocenters. The number of aromatic nitrogens is 3. The highest BCUT2D eigenvalue weighted by molar-refractivity contribution is 7.14. The van der Waals surface area contributed by atoms with Gasteiger partial charge in [-0.05, 0) is 50.1 Å². The molecule has 3 aromatic carbocycles. The van der Waals surface area contributed by atoms with Gasteiger partial charge in [-0.25, -0.2) is 18.6 Å². The van der Waals surface area contributed by atoms with Gasteiger partial charge < -0.3 is 11.1 Å². The van der Waals surface area contributed by atoms with E-state index >= 15 is 0 Å². The van der Waals surface area contributed by atoms with Crippen molar-refractivity contribution in [2.75, 3.05) is 5.32 Å². The van der Waals surface area contributed by atoms with Gasteiger partial charge in [-0.3, -0.25) is 13.9 Å². The molecule has 0 saturated carbocycles. The Morgan fingerprint density at radius 1 is 0.951 bits per heavy atom. The molecule has 0 spiro atoms. The third-order valence-electron chi connectivity index (χ3n) is 7.06. The second-order valence-electron chi connectivity index (χ2n) is 9.94. The van der Waals surface area contributed by atoms with Crippen molar-refractivity contribution in [2.24, 2.45) is 5.73 Å². The van der Waals surface area contributed by atoms with Crippen LogP contribution in [0.25, 0.3) is 11.3 Å². The van der Waals surface area contributed by atoms with Gasteiger partial charge in [-0.1, -0.05) is 54.1 Å². The van der Waals surface area contributed by atoms with Gasteiger partial charge in [0.25, 0.3) is 5.56 Å². The van der Waals surface area contributed by atoms with Crippen molar-refractivity contribution in [3.63, 3.8) is 0 Å². The summed E-state index contributed by atoms with van der Waals surface area (Å²) in [7, 11) is 0. The number of thiazole rings is 1. The van der Waals surface area contributed by atoms with Crippen LogP contribution >= 0.6 is 11.3 Å². The topological polar surface area (TPSA) is 94.9 Å². The quantitative estimate of drug-likeness (QED) is 0.244. The zero-order chi connectivity index (χ0) is 29.3. The molecule has 7 nitrogen and oxygen atoms in total. The molecule has 0 aliphatic rings. The van der Waals surface area contributed by atoms with Crippen molar-refractivity contribution >= 4 is 22.2 Å². The van der Waals surface area contributed by atoms with Crippen molar-refractivity contribution in [1.29, 1.82) is 0 Å². The van der Waals surface area contributed by atoms with E-state index in [9.17, 15) is 18.4 Å². The van der Waals surface area contributed by atoms with E-state index in [4.69, 9.17) is 5.73 Å². The van der Waals surface area contributed by atoms with Crippen molar-refractivity contribution < 1.29 is 8.78 Å². The minimum absolute atomic E-state index is 0.132. The van der Waals surface area contributed by atoms with Crippen molar-refractivity contribution in [3.8, 4) is 11.3 Å². The van der Waals surface area contributed by atoms with E-state index in [-0.39, 0.29) is 23.4 Å². The first kappa shape index (κ1) is 28.1. The zero-order valence-electron chi connectivity index (χ0n) is 22.8. The van der Waals surface area contributed by atoms with Gasteiger partial charge in [0.15, 0.2) is 5.13 Å². The van der Waals surface area contributed by atoms with E-state index in [0.717, 1.165) is 39.1 Å². The maximum Gasteiger partial charge on any atom is 0.331 e. The maximum absolute atomic E-state index is 14.6. The van der Waals surface area contributed by atoms with Gasteiger partial charge in [-0.15, -0.1) is 11.3 Å². The standard InChI is InChI=1S/C31H29F2N5O2S/c1-18-12-13-26(19(2)14-18)35-30-36-27(17-41-30)28-20(3)37(15-22-23(32)10-7-11-24(22)33)31(40)38(29(28)39)16-25(34)21-8-5-4-6-9-21/h4-14,17,25H,15-16,34H2,1-3H3,(H,35,36)/t25-/m0/s1. The Balaban J connectivity index is 1.62. The fourth-order valence-electron chi connectivity index (χ4n) is 4.80. The number of aryl methyl sites for hydroxylation is 2. The zero-order valence-corrected chi connectivity index (χ0v) is 23.6. The molecule has 0 unspecified atom stereocenters. The SMILES string of the molecule is Cc1ccc(Nc2nc(-c3c(C)n(Cc4c(F)cccc4F)c(=O)n(C[C@H](N)c4ccccc4)c3=O)cs2)c(C)c1. The minimum atomic E-state index is -0.787. The summed E-state index contributed by atoms with van der Waals surface area (Å²) in [4.78, 5) is 32.2. The van der Waals surface area contributed by atoms with E-state index in [1.807, 2.05) is 62.4 Å². The second-order valence-corrected chi connectivity index (χ2v) is 10.8. The van der Waals surface area contributed by atoms with E-state index in [1.54, 1.807) is 12.3 Å². The Bertz CT molecular complexity index is 1830. The van der Waals surface area contributed by atoms with Crippen LogP contribution in [-0.4, -0.2) is 14.1 Å². The van der Waals surface area contributed by atoms with E-state index in [0.29, 0.717) is 10.8 Å². The Labute approximate surface area is 239 Å². The number of nitrogens with one attached hydrogen (secondary N) is 1. The highest BCUT2D eigenvalue weighted by atomic mass is 32.1. The molecule has 0 amide bonds. The number of anilines is 2. The molecule has 2 heterocycles. The van der Waals surface area contributed by atoms with E-state index in [2.05, 4.69) is 10.3 Å². The number of nitrogens with zero attached hydrogens (tertiary/aromatic N) is 3. The van der Waals surface area contributed by atoms with Crippen molar-refractivity contribution in [1.82, 2.24) is 14.1 Å².